The first-order valence-corrected chi connectivity index (χ1v) is 7.27. The van der Waals surface area contributed by atoms with E-state index < -0.39 is 0 Å². The Kier molecular flexibility index (Phi) is 3.65. The van der Waals surface area contributed by atoms with Gasteiger partial charge in [-0.2, -0.15) is 0 Å². The molecule has 1 aliphatic heterocycles. The van der Waals surface area contributed by atoms with Crippen LogP contribution in [0.5, 0.6) is 5.75 Å². The van der Waals surface area contributed by atoms with Crippen LogP contribution in [-0.4, -0.2) is 19.1 Å². The van der Waals surface area contributed by atoms with E-state index >= 15 is 0 Å². The van der Waals surface area contributed by atoms with Crippen molar-refractivity contribution in [3.8, 4) is 5.75 Å². The minimum absolute atomic E-state index is 0.00657. The van der Waals surface area contributed by atoms with Gasteiger partial charge in [-0.25, -0.2) is 0 Å². The molecule has 0 fully saturated rings. The van der Waals surface area contributed by atoms with E-state index in [9.17, 15) is 4.79 Å². The van der Waals surface area contributed by atoms with Gasteiger partial charge in [0.05, 0.1) is 12.7 Å². The van der Waals surface area contributed by atoms with Gasteiger partial charge in [-0.05, 0) is 43.5 Å². The molecule has 1 atom stereocenters. The summed E-state index contributed by atoms with van der Waals surface area (Å²) < 4.78 is 5.33. The van der Waals surface area contributed by atoms with Gasteiger partial charge in [0.25, 0.3) is 5.91 Å². The second-order valence-corrected chi connectivity index (χ2v) is 5.39. The molecule has 3 nitrogen and oxygen atoms in total. The average molecular weight is 281 g/mol. The Hall–Kier alpha value is -2.29. The fourth-order valence-electron chi connectivity index (χ4n) is 2.95. The van der Waals surface area contributed by atoms with Gasteiger partial charge >= 0.3 is 0 Å². The predicted molar refractivity (Wildman–Crippen MR) is 84.0 cm³/mol. The van der Waals surface area contributed by atoms with Crippen LogP contribution in [0.15, 0.2) is 48.5 Å². The Bertz CT molecular complexity index is 666. The van der Waals surface area contributed by atoms with E-state index in [0.29, 0.717) is 11.3 Å². The van der Waals surface area contributed by atoms with Crippen LogP contribution in [0.1, 0.15) is 29.3 Å². The number of nitrogens with zero attached hydrogens (tertiary/aromatic N) is 1. The quantitative estimate of drug-likeness (QED) is 0.840. The van der Waals surface area contributed by atoms with Crippen molar-refractivity contribution in [2.75, 3.05) is 12.0 Å². The van der Waals surface area contributed by atoms with Crippen LogP contribution in [0.4, 0.5) is 5.69 Å². The van der Waals surface area contributed by atoms with E-state index in [4.69, 9.17) is 4.74 Å². The maximum atomic E-state index is 13.0. The maximum Gasteiger partial charge on any atom is 0.262 e. The average Bonchev–Trinajstić information content (AvgIpc) is 2.54. The Morgan fingerprint density at radius 2 is 1.86 bits per heavy atom. The number of amides is 1. The molecule has 1 unspecified atom stereocenters. The summed E-state index contributed by atoms with van der Waals surface area (Å²) >= 11 is 0. The molecular formula is C18H19NO2. The third-order valence-electron chi connectivity index (χ3n) is 4.08. The molecule has 2 aromatic rings. The fourth-order valence-corrected chi connectivity index (χ4v) is 2.95. The zero-order chi connectivity index (χ0) is 14.8. The van der Waals surface area contributed by atoms with Crippen LogP contribution in [0.2, 0.25) is 0 Å². The third kappa shape index (κ3) is 2.40. The number of benzene rings is 2. The van der Waals surface area contributed by atoms with Gasteiger partial charge < -0.3 is 9.64 Å². The topological polar surface area (TPSA) is 29.5 Å². The number of fused-ring (bicyclic) bond motifs is 1. The van der Waals surface area contributed by atoms with Gasteiger partial charge in [0.15, 0.2) is 0 Å². The van der Waals surface area contributed by atoms with Gasteiger partial charge in [0, 0.05) is 11.7 Å². The van der Waals surface area contributed by atoms with Crippen LogP contribution >= 0.6 is 0 Å². The van der Waals surface area contributed by atoms with Gasteiger partial charge in [0.2, 0.25) is 0 Å². The Morgan fingerprint density at radius 3 is 2.67 bits per heavy atom. The smallest absolute Gasteiger partial charge is 0.262 e. The van der Waals surface area contributed by atoms with E-state index in [1.165, 1.54) is 5.56 Å². The van der Waals surface area contributed by atoms with Crippen LogP contribution < -0.4 is 9.64 Å². The summed E-state index contributed by atoms with van der Waals surface area (Å²) in [5.41, 5.74) is 2.87. The number of anilines is 1. The third-order valence-corrected chi connectivity index (χ3v) is 4.08. The number of hydrogen-bond acceptors (Lipinski definition) is 2. The molecule has 3 heteroatoms. The number of rotatable bonds is 2. The van der Waals surface area contributed by atoms with E-state index in [-0.39, 0.29) is 11.9 Å². The first-order chi connectivity index (χ1) is 10.2. The van der Waals surface area contributed by atoms with Crippen molar-refractivity contribution >= 4 is 11.6 Å². The highest BCUT2D eigenvalue weighted by Crippen LogP contribution is 2.33. The number of ether oxygens (including phenoxy) is 1. The zero-order valence-electron chi connectivity index (χ0n) is 12.4. The molecule has 0 saturated heterocycles. The highest BCUT2D eigenvalue weighted by Gasteiger charge is 2.29. The van der Waals surface area contributed by atoms with Crippen molar-refractivity contribution < 1.29 is 9.53 Å². The molecular weight excluding hydrogens is 262 g/mol. The van der Waals surface area contributed by atoms with Gasteiger partial charge in [-0.3, -0.25) is 4.79 Å². The van der Waals surface area contributed by atoms with Crippen LogP contribution in [0.3, 0.4) is 0 Å². The number of carbonyl (C=O) groups excluding carboxylic acids is 1. The highest BCUT2D eigenvalue weighted by molar-refractivity contribution is 6.08. The molecule has 0 radical (unpaired) electrons. The van der Waals surface area contributed by atoms with Crippen molar-refractivity contribution in [3.63, 3.8) is 0 Å². The lowest BCUT2D eigenvalue weighted by molar-refractivity contribution is 0.0972. The lowest BCUT2D eigenvalue weighted by atomic mass is 9.95. The van der Waals surface area contributed by atoms with Crippen LogP contribution in [0.25, 0.3) is 0 Å². The van der Waals surface area contributed by atoms with E-state index in [2.05, 4.69) is 13.0 Å². The predicted octanol–water partition coefficient (Wildman–Crippen LogP) is 3.68. The van der Waals surface area contributed by atoms with Crippen molar-refractivity contribution in [2.45, 2.75) is 25.8 Å². The second-order valence-electron chi connectivity index (χ2n) is 5.39. The molecule has 21 heavy (non-hydrogen) atoms. The molecule has 0 saturated carbocycles. The molecule has 0 aliphatic carbocycles. The van der Waals surface area contributed by atoms with Crippen LogP contribution in [-0.2, 0) is 6.42 Å². The van der Waals surface area contributed by atoms with Gasteiger partial charge in [-0.1, -0.05) is 30.3 Å². The Labute approximate surface area is 125 Å². The minimum atomic E-state index is 0.00657. The summed E-state index contributed by atoms with van der Waals surface area (Å²) in [7, 11) is 1.60. The molecule has 0 N–H and O–H groups in total. The number of hydrogen-bond donors (Lipinski definition) is 0. The van der Waals surface area contributed by atoms with E-state index in [0.717, 1.165) is 18.5 Å². The standard InChI is InChI=1S/C18H19NO2/c1-13-11-12-14-7-3-5-9-16(14)19(13)18(20)15-8-4-6-10-17(15)21-2/h3-10,13H,11-12H2,1-2H3. The maximum absolute atomic E-state index is 13.0. The molecule has 0 aromatic heterocycles. The number of methoxy groups -OCH3 is 1. The lowest BCUT2D eigenvalue weighted by Gasteiger charge is -2.35. The summed E-state index contributed by atoms with van der Waals surface area (Å²) in [6.45, 7) is 2.10. The number of para-hydroxylation sites is 2. The Morgan fingerprint density at radius 1 is 1.14 bits per heavy atom. The molecule has 3 rings (SSSR count). The molecule has 1 heterocycles. The van der Waals surface area contributed by atoms with Crippen molar-refractivity contribution in [2.24, 2.45) is 0 Å². The van der Waals surface area contributed by atoms with Crippen LogP contribution in [0, 0.1) is 0 Å². The summed E-state index contributed by atoms with van der Waals surface area (Å²) in [4.78, 5) is 14.9. The molecule has 2 aromatic carbocycles. The SMILES string of the molecule is COc1ccccc1C(=O)N1c2ccccc2CCC1C. The number of aryl methyl sites for hydroxylation is 1. The first kappa shape index (κ1) is 13.7. The lowest BCUT2D eigenvalue weighted by Crippen LogP contribution is -2.42. The summed E-state index contributed by atoms with van der Waals surface area (Å²) in [5, 5.41) is 0. The summed E-state index contributed by atoms with van der Waals surface area (Å²) in [5.74, 6) is 0.629. The summed E-state index contributed by atoms with van der Waals surface area (Å²) in [6.07, 6.45) is 2.00. The molecule has 0 bridgehead atoms. The van der Waals surface area contributed by atoms with Gasteiger partial charge in [-0.15, -0.1) is 0 Å². The molecule has 108 valence electrons. The van der Waals surface area contributed by atoms with E-state index in [1.807, 2.05) is 47.4 Å². The fraction of sp³-hybridized carbons (Fsp3) is 0.278. The summed E-state index contributed by atoms with van der Waals surface area (Å²) in [6, 6.07) is 15.7. The Balaban J connectivity index is 2.05. The largest absolute Gasteiger partial charge is 0.496 e. The van der Waals surface area contributed by atoms with Crippen molar-refractivity contribution in [1.29, 1.82) is 0 Å². The highest BCUT2D eigenvalue weighted by atomic mass is 16.5. The molecule has 1 aliphatic rings. The first-order valence-electron chi connectivity index (χ1n) is 7.27. The van der Waals surface area contributed by atoms with Crippen molar-refractivity contribution in [1.82, 2.24) is 0 Å². The normalized spacial score (nSPS) is 17.2. The second kappa shape index (κ2) is 5.60. The zero-order valence-corrected chi connectivity index (χ0v) is 12.4. The van der Waals surface area contributed by atoms with E-state index in [1.54, 1.807) is 7.11 Å². The minimum Gasteiger partial charge on any atom is -0.496 e. The molecule has 1 amide bonds. The van der Waals surface area contributed by atoms with Crippen molar-refractivity contribution in [3.05, 3.63) is 59.7 Å². The monoisotopic (exact) mass is 281 g/mol. The number of carbonyl (C=O) groups is 1. The van der Waals surface area contributed by atoms with Gasteiger partial charge in [0.1, 0.15) is 5.75 Å². The molecule has 0 spiro atoms.